The molecule has 1 fully saturated rings. The van der Waals surface area contributed by atoms with Gasteiger partial charge in [0.1, 0.15) is 5.75 Å². The highest BCUT2D eigenvalue weighted by Crippen LogP contribution is 2.26. The summed E-state index contributed by atoms with van der Waals surface area (Å²) in [5, 5.41) is 0. The van der Waals surface area contributed by atoms with Gasteiger partial charge in [-0.15, -0.1) is 0 Å². The zero-order chi connectivity index (χ0) is 27.8. The van der Waals surface area contributed by atoms with Crippen LogP contribution in [0.1, 0.15) is 37.9 Å². The van der Waals surface area contributed by atoms with E-state index in [0.29, 0.717) is 50.5 Å². The Kier molecular flexibility index (Phi) is 9.51. The van der Waals surface area contributed by atoms with E-state index in [1.807, 2.05) is 36.4 Å². The molecule has 1 unspecified atom stereocenters. The Morgan fingerprint density at radius 1 is 0.872 bits per heavy atom. The molecular weight excluding hydrogens is 503 g/mol. The van der Waals surface area contributed by atoms with Crippen LogP contribution in [0.4, 0.5) is 4.39 Å². The van der Waals surface area contributed by atoms with E-state index in [-0.39, 0.29) is 23.7 Å². The molecule has 3 aromatic rings. The Hall–Kier alpha value is -3.95. The quantitative estimate of drug-likeness (QED) is 0.357. The van der Waals surface area contributed by atoms with Gasteiger partial charge in [0.2, 0.25) is 0 Å². The van der Waals surface area contributed by atoms with Crippen LogP contribution < -0.4 is 9.47 Å². The van der Waals surface area contributed by atoms with Crippen LogP contribution in [0.25, 0.3) is 0 Å². The van der Waals surface area contributed by atoms with Gasteiger partial charge in [-0.2, -0.15) is 0 Å². The normalized spacial score (nSPS) is 14.5. The van der Waals surface area contributed by atoms with Crippen LogP contribution in [0.3, 0.4) is 0 Å². The first-order valence-corrected chi connectivity index (χ1v) is 12.7. The first-order chi connectivity index (χ1) is 18.9. The third-order valence-electron chi connectivity index (χ3n) is 6.77. The van der Waals surface area contributed by atoms with E-state index in [1.54, 1.807) is 30.2 Å². The lowest BCUT2D eigenvalue weighted by Crippen LogP contribution is -2.49. The van der Waals surface area contributed by atoms with Crippen LogP contribution in [-0.2, 0) is 16.1 Å². The fourth-order valence-electron chi connectivity index (χ4n) is 4.50. The average molecular weight is 537 g/mol. The lowest BCUT2D eigenvalue weighted by atomic mass is 10.1. The summed E-state index contributed by atoms with van der Waals surface area (Å²) in [6.45, 7) is 3.32. The first kappa shape index (κ1) is 28.1. The summed E-state index contributed by atoms with van der Waals surface area (Å²) in [4.78, 5) is 28.7. The van der Waals surface area contributed by atoms with Gasteiger partial charge in [-0.3, -0.25) is 9.69 Å². The van der Waals surface area contributed by atoms with Crippen molar-refractivity contribution in [2.75, 3.05) is 54.1 Å². The van der Waals surface area contributed by atoms with E-state index in [4.69, 9.17) is 18.9 Å². The van der Waals surface area contributed by atoms with Crippen LogP contribution >= 0.6 is 0 Å². The van der Waals surface area contributed by atoms with Crippen molar-refractivity contribution in [2.45, 2.75) is 12.7 Å². The van der Waals surface area contributed by atoms with Crippen molar-refractivity contribution in [2.24, 2.45) is 0 Å². The Bertz CT molecular complexity index is 1270. The van der Waals surface area contributed by atoms with Gasteiger partial charge in [-0.1, -0.05) is 24.3 Å². The maximum absolute atomic E-state index is 14.1. The molecule has 1 heterocycles. The minimum absolute atomic E-state index is 0.111. The second-order valence-corrected chi connectivity index (χ2v) is 9.21. The van der Waals surface area contributed by atoms with E-state index in [9.17, 15) is 14.0 Å². The van der Waals surface area contributed by atoms with E-state index < -0.39 is 5.82 Å². The molecule has 0 saturated carbocycles. The summed E-state index contributed by atoms with van der Waals surface area (Å²) in [6.07, 6.45) is -0.252. The number of nitrogens with zero attached hydrogens (tertiary/aromatic N) is 2. The summed E-state index contributed by atoms with van der Waals surface area (Å²) < 4.78 is 35.6. The van der Waals surface area contributed by atoms with Crippen molar-refractivity contribution in [3.8, 4) is 11.5 Å². The zero-order valence-electron chi connectivity index (χ0n) is 22.4. The van der Waals surface area contributed by atoms with Crippen LogP contribution in [0.2, 0.25) is 0 Å². The van der Waals surface area contributed by atoms with Crippen molar-refractivity contribution in [3.05, 3.63) is 94.8 Å². The van der Waals surface area contributed by atoms with Gasteiger partial charge in [0.25, 0.3) is 5.91 Å². The standard InChI is InChI=1S/C30H33FN2O6/c1-36-25-6-4-5-23(17-25)28(39-20-21-7-9-22(10-8-21)30(35)38-3)19-32-13-15-33(16-14-32)29(34)24-11-12-27(37-2)26(31)18-24/h4-12,17-18,28H,13-16,19-20H2,1-3H3. The number of halogens is 1. The smallest absolute Gasteiger partial charge is 0.337 e. The predicted molar refractivity (Wildman–Crippen MR) is 144 cm³/mol. The number of carbonyl (C=O) groups excluding carboxylic acids is 2. The minimum Gasteiger partial charge on any atom is -0.497 e. The number of esters is 1. The summed E-state index contributed by atoms with van der Waals surface area (Å²) in [5.41, 5.74) is 2.69. The van der Waals surface area contributed by atoms with Gasteiger partial charge >= 0.3 is 5.97 Å². The van der Waals surface area contributed by atoms with Crippen molar-refractivity contribution in [1.29, 1.82) is 0 Å². The van der Waals surface area contributed by atoms with E-state index in [1.165, 1.54) is 26.4 Å². The summed E-state index contributed by atoms with van der Waals surface area (Å²) in [6, 6.07) is 19.2. The highest BCUT2D eigenvalue weighted by molar-refractivity contribution is 5.94. The number of ether oxygens (including phenoxy) is 4. The fourth-order valence-corrected chi connectivity index (χ4v) is 4.50. The zero-order valence-corrected chi connectivity index (χ0v) is 22.4. The van der Waals surface area contributed by atoms with Crippen LogP contribution in [-0.4, -0.2) is 75.7 Å². The number of hydrogen-bond donors (Lipinski definition) is 0. The van der Waals surface area contributed by atoms with Gasteiger partial charge in [-0.25, -0.2) is 9.18 Å². The fraction of sp³-hybridized carbons (Fsp3) is 0.333. The second kappa shape index (κ2) is 13.2. The number of amides is 1. The van der Waals surface area contributed by atoms with Gasteiger partial charge in [0.05, 0.1) is 39.6 Å². The van der Waals surface area contributed by atoms with Crippen molar-refractivity contribution >= 4 is 11.9 Å². The van der Waals surface area contributed by atoms with Crippen molar-refractivity contribution in [1.82, 2.24) is 9.80 Å². The molecule has 9 heteroatoms. The molecular formula is C30H33FN2O6. The summed E-state index contributed by atoms with van der Waals surface area (Å²) in [7, 11) is 4.37. The molecule has 0 aromatic heterocycles. The van der Waals surface area contributed by atoms with Gasteiger partial charge in [0, 0.05) is 38.3 Å². The molecule has 0 bridgehead atoms. The molecule has 0 N–H and O–H groups in total. The molecule has 1 amide bonds. The molecule has 4 rings (SSSR count). The number of hydrogen-bond acceptors (Lipinski definition) is 7. The number of methoxy groups -OCH3 is 3. The molecule has 206 valence electrons. The predicted octanol–water partition coefficient (Wildman–Crippen LogP) is 4.35. The van der Waals surface area contributed by atoms with Gasteiger partial charge < -0.3 is 23.8 Å². The number of carbonyl (C=O) groups is 2. The highest BCUT2D eigenvalue weighted by atomic mass is 19.1. The van der Waals surface area contributed by atoms with Crippen molar-refractivity contribution < 1.29 is 32.9 Å². The van der Waals surface area contributed by atoms with Crippen LogP contribution in [0.15, 0.2) is 66.7 Å². The first-order valence-electron chi connectivity index (χ1n) is 12.7. The van der Waals surface area contributed by atoms with Crippen LogP contribution in [0.5, 0.6) is 11.5 Å². The average Bonchev–Trinajstić information content (AvgIpc) is 2.99. The van der Waals surface area contributed by atoms with E-state index in [2.05, 4.69) is 4.90 Å². The largest absolute Gasteiger partial charge is 0.497 e. The third kappa shape index (κ3) is 7.13. The highest BCUT2D eigenvalue weighted by Gasteiger charge is 2.26. The molecule has 0 spiro atoms. The summed E-state index contributed by atoms with van der Waals surface area (Å²) in [5.74, 6) is -0.288. The second-order valence-electron chi connectivity index (χ2n) is 9.21. The lowest BCUT2D eigenvalue weighted by molar-refractivity contribution is 0.00331. The Morgan fingerprint density at radius 2 is 1.59 bits per heavy atom. The number of piperazine rings is 1. The van der Waals surface area contributed by atoms with E-state index in [0.717, 1.165) is 16.9 Å². The molecule has 1 aliphatic rings. The molecule has 0 aliphatic carbocycles. The molecule has 39 heavy (non-hydrogen) atoms. The summed E-state index contributed by atoms with van der Waals surface area (Å²) >= 11 is 0. The SMILES string of the molecule is COC(=O)c1ccc(COC(CN2CCN(C(=O)c3ccc(OC)c(F)c3)CC2)c2cccc(OC)c2)cc1. The number of benzene rings is 3. The van der Waals surface area contributed by atoms with Gasteiger partial charge in [-0.05, 0) is 53.6 Å². The lowest BCUT2D eigenvalue weighted by Gasteiger charge is -2.36. The molecule has 0 radical (unpaired) electrons. The molecule has 1 saturated heterocycles. The Labute approximate surface area is 227 Å². The van der Waals surface area contributed by atoms with Crippen molar-refractivity contribution in [3.63, 3.8) is 0 Å². The van der Waals surface area contributed by atoms with Gasteiger partial charge in [0.15, 0.2) is 11.6 Å². The molecule has 8 nitrogen and oxygen atoms in total. The maximum atomic E-state index is 14.1. The monoisotopic (exact) mass is 536 g/mol. The third-order valence-corrected chi connectivity index (χ3v) is 6.77. The van der Waals surface area contributed by atoms with Crippen LogP contribution in [0, 0.1) is 5.82 Å². The number of rotatable bonds is 10. The minimum atomic E-state index is -0.555. The molecule has 1 atom stereocenters. The van der Waals surface area contributed by atoms with E-state index >= 15 is 0 Å². The maximum Gasteiger partial charge on any atom is 0.337 e. The molecule has 3 aromatic carbocycles. The Morgan fingerprint density at radius 3 is 2.23 bits per heavy atom. The molecule has 1 aliphatic heterocycles. The topological polar surface area (TPSA) is 77.5 Å². The Balaban J connectivity index is 1.40.